The highest BCUT2D eigenvalue weighted by Crippen LogP contribution is 2.20. The van der Waals surface area contributed by atoms with Crippen LogP contribution in [0.15, 0.2) is 0 Å². The third-order valence-electron chi connectivity index (χ3n) is 3.36. The molecule has 7 heteroatoms. The van der Waals surface area contributed by atoms with Gasteiger partial charge in [0.2, 0.25) is 0 Å². The molecule has 1 fully saturated rings. The minimum atomic E-state index is -3.68. The molecule has 0 amide bonds. The van der Waals surface area contributed by atoms with Gasteiger partial charge < -0.3 is 5.11 Å². The van der Waals surface area contributed by atoms with Crippen molar-refractivity contribution in [1.82, 2.24) is 9.03 Å². The van der Waals surface area contributed by atoms with Crippen LogP contribution in [0.2, 0.25) is 0 Å². The molecule has 0 aromatic carbocycles. The molecule has 106 valence electrons. The smallest absolute Gasteiger partial charge is 0.322 e. The molecule has 0 aromatic rings. The molecule has 1 aliphatic heterocycles. The SMILES string of the molecule is CCC(C)CNS(=O)(=O)N1CCCCC1C(=O)O. The van der Waals surface area contributed by atoms with Gasteiger partial charge in [0.25, 0.3) is 10.2 Å². The summed E-state index contributed by atoms with van der Waals surface area (Å²) >= 11 is 0. The van der Waals surface area contributed by atoms with Crippen molar-refractivity contribution >= 4 is 16.2 Å². The Hall–Kier alpha value is -0.660. The topological polar surface area (TPSA) is 86.7 Å². The Balaban J connectivity index is 2.72. The highest BCUT2D eigenvalue weighted by molar-refractivity contribution is 7.87. The van der Waals surface area contributed by atoms with Gasteiger partial charge in [0, 0.05) is 13.1 Å². The van der Waals surface area contributed by atoms with Gasteiger partial charge in [-0.15, -0.1) is 0 Å². The Labute approximate surface area is 109 Å². The van der Waals surface area contributed by atoms with Crippen molar-refractivity contribution in [1.29, 1.82) is 0 Å². The summed E-state index contributed by atoms with van der Waals surface area (Å²) in [6, 6.07) is -0.923. The second-order valence-electron chi connectivity index (χ2n) is 4.83. The van der Waals surface area contributed by atoms with E-state index in [1.54, 1.807) is 0 Å². The first-order chi connectivity index (χ1) is 8.38. The summed E-state index contributed by atoms with van der Waals surface area (Å²) in [7, 11) is -3.68. The molecule has 2 atom stereocenters. The van der Waals surface area contributed by atoms with E-state index in [0.717, 1.165) is 17.1 Å². The van der Waals surface area contributed by atoms with Crippen LogP contribution >= 0.6 is 0 Å². The van der Waals surface area contributed by atoms with E-state index in [9.17, 15) is 13.2 Å². The van der Waals surface area contributed by atoms with Gasteiger partial charge in [-0.3, -0.25) is 4.79 Å². The summed E-state index contributed by atoms with van der Waals surface area (Å²) in [6.07, 6.45) is 2.74. The number of carbonyl (C=O) groups is 1. The third-order valence-corrected chi connectivity index (χ3v) is 4.94. The number of aliphatic carboxylic acids is 1. The van der Waals surface area contributed by atoms with E-state index in [1.165, 1.54) is 0 Å². The molecule has 1 saturated heterocycles. The summed E-state index contributed by atoms with van der Waals surface area (Å²) in [6.45, 7) is 4.57. The lowest BCUT2D eigenvalue weighted by molar-refractivity contribution is -0.142. The number of piperidine rings is 1. The Kier molecular flexibility index (Phi) is 5.55. The van der Waals surface area contributed by atoms with Crippen LogP contribution in [0.3, 0.4) is 0 Å². The molecule has 0 aliphatic carbocycles. The van der Waals surface area contributed by atoms with E-state index in [4.69, 9.17) is 5.11 Å². The van der Waals surface area contributed by atoms with Crippen molar-refractivity contribution in [3.05, 3.63) is 0 Å². The zero-order valence-corrected chi connectivity index (χ0v) is 11.7. The first-order valence-electron chi connectivity index (χ1n) is 6.37. The summed E-state index contributed by atoms with van der Waals surface area (Å²) in [5.41, 5.74) is 0. The van der Waals surface area contributed by atoms with Gasteiger partial charge in [0.15, 0.2) is 0 Å². The van der Waals surface area contributed by atoms with Crippen LogP contribution in [0, 0.1) is 5.92 Å². The van der Waals surface area contributed by atoms with Crippen LogP contribution in [-0.4, -0.2) is 42.9 Å². The molecule has 1 aliphatic rings. The predicted octanol–water partition coefficient (Wildman–Crippen LogP) is 0.806. The van der Waals surface area contributed by atoms with Crippen molar-refractivity contribution in [3.8, 4) is 0 Å². The fourth-order valence-electron chi connectivity index (χ4n) is 1.91. The lowest BCUT2D eigenvalue weighted by Gasteiger charge is -2.32. The Bertz CT molecular complexity index is 383. The number of nitrogens with zero attached hydrogens (tertiary/aromatic N) is 1. The summed E-state index contributed by atoms with van der Waals surface area (Å²) in [4.78, 5) is 11.1. The highest BCUT2D eigenvalue weighted by Gasteiger charge is 2.36. The average molecular weight is 278 g/mol. The normalized spacial score (nSPS) is 23.8. The van der Waals surface area contributed by atoms with Gasteiger partial charge in [-0.05, 0) is 25.2 Å². The predicted molar refractivity (Wildman–Crippen MR) is 68.4 cm³/mol. The van der Waals surface area contributed by atoms with Gasteiger partial charge in [-0.25, -0.2) is 4.72 Å². The second-order valence-corrected chi connectivity index (χ2v) is 6.54. The Morgan fingerprint density at radius 2 is 2.17 bits per heavy atom. The summed E-state index contributed by atoms with van der Waals surface area (Å²) < 4.78 is 27.7. The molecule has 2 unspecified atom stereocenters. The quantitative estimate of drug-likeness (QED) is 0.752. The van der Waals surface area contributed by atoms with Crippen molar-refractivity contribution in [2.75, 3.05) is 13.1 Å². The van der Waals surface area contributed by atoms with Gasteiger partial charge in [-0.2, -0.15) is 12.7 Å². The zero-order valence-electron chi connectivity index (χ0n) is 10.9. The molecule has 0 radical (unpaired) electrons. The lowest BCUT2D eigenvalue weighted by Crippen LogP contribution is -2.52. The Morgan fingerprint density at radius 1 is 1.50 bits per heavy atom. The Morgan fingerprint density at radius 3 is 2.72 bits per heavy atom. The number of rotatable bonds is 6. The molecule has 0 bridgehead atoms. The molecule has 2 N–H and O–H groups in total. The van der Waals surface area contributed by atoms with Crippen LogP contribution in [0.1, 0.15) is 39.5 Å². The van der Waals surface area contributed by atoms with E-state index < -0.39 is 22.2 Å². The summed E-state index contributed by atoms with van der Waals surface area (Å²) in [5.74, 6) is -0.823. The summed E-state index contributed by atoms with van der Waals surface area (Å²) in [5, 5.41) is 9.06. The van der Waals surface area contributed by atoms with Gasteiger partial charge in [0.05, 0.1) is 0 Å². The minimum Gasteiger partial charge on any atom is -0.480 e. The number of carboxylic acids is 1. The van der Waals surface area contributed by atoms with Crippen molar-refractivity contribution in [2.45, 2.75) is 45.6 Å². The maximum Gasteiger partial charge on any atom is 0.322 e. The number of hydrogen-bond donors (Lipinski definition) is 2. The molecule has 0 spiro atoms. The monoisotopic (exact) mass is 278 g/mol. The first-order valence-corrected chi connectivity index (χ1v) is 7.81. The molecule has 0 saturated carbocycles. The number of carboxylic acid groups (broad SMARTS) is 1. The molecule has 1 rings (SSSR count). The molecular weight excluding hydrogens is 256 g/mol. The van der Waals surface area contributed by atoms with Crippen LogP contribution in [0.4, 0.5) is 0 Å². The van der Waals surface area contributed by atoms with E-state index in [0.29, 0.717) is 19.4 Å². The van der Waals surface area contributed by atoms with E-state index >= 15 is 0 Å². The van der Waals surface area contributed by atoms with Crippen LogP contribution in [0.25, 0.3) is 0 Å². The second kappa shape index (κ2) is 6.49. The van der Waals surface area contributed by atoms with E-state index in [-0.39, 0.29) is 12.5 Å². The average Bonchev–Trinajstić information content (AvgIpc) is 2.36. The van der Waals surface area contributed by atoms with E-state index in [1.807, 2.05) is 13.8 Å². The number of nitrogens with one attached hydrogen (secondary N) is 1. The molecule has 0 aromatic heterocycles. The first kappa shape index (κ1) is 15.4. The maximum atomic E-state index is 12.1. The lowest BCUT2D eigenvalue weighted by atomic mass is 10.1. The minimum absolute atomic E-state index is 0.243. The van der Waals surface area contributed by atoms with Crippen molar-refractivity contribution < 1.29 is 18.3 Å². The van der Waals surface area contributed by atoms with Gasteiger partial charge in [-0.1, -0.05) is 20.3 Å². The fourth-order valence-corrected chi connectivity index (χ4v) is 3.48. The van der Waals surface area contributed by atoms with Crippen LogP contribution in [-0.2, 0) is 15.0 Å². The van der Waals surface area contributed by atoms with Crippen LogP contribution in [0.5, 0.6) is 0 Å². The van der Waals surface area contributed by atoms with Crippen LogP contribution < -0.4 is 4.72 Å². The highest BCUT2D eigenvalue weighted by atomic mass is 32.2. The number of hydrogen-bond acceptors (Lipinski definition) is 3. The molecule has 6 nitrogen and oxygen atoms in total. The molecular formula is C11H22N2O4S. The van der Waals surface area contributed by atoms with Gasteiger partial charge >= 0.3 is 5.97 Å². The van der Waals surface area contributed by atoms with Gasteiger partial charge in [0.1, 0.15) is 6.04 Å². The molecule has 1 heterocycles. The largest absolute Gasteiger partial charge is 0.480 e. The van der Waals surface area contributed by atoms with Crippen molar-refractivity contribution in [2.24, 2.45) is 5.92 Å². The molecule has 18 heavy (non-hydrogen) atoms. The maximum absolute atomic E-state index is 12.1. The van der Waals surface area contributed by atoms with E-state index in [2.05, 4.69) is 4.72 Å². The standard InChI is InChI=1S/C11H22N2O4S/c1-3-9(2)8-12-18(16,17)13-7-5-4-6-10(13)11(14)15/h9-10,12H,3-8H2,1-2H3,(H,14,15). The van der Waals surface area contributed by atoms with Crippen molar-refractivity contribution in [3.63, 3.8) is 0 Å². The third kappa shape index (κ3) is 3.93. The zero-order chi connectivity index (χ0) is 13.8. The fraction of sp³-hybridized carbons (Fsp3) is 0.909.